The van der Waals surface area contributed by atoms with Crippen LogP contribution in [-0.4, -0.2) is 48.5 Å². The van der Waals surface area contributed by atoms with Crippen LogP contribution in [-0.2, 0) is 11.0 Å². The van der Waals surface area contributed by atoms with Crippen LogP contribution in [0.3, 0.4) is 0 Å². The van der Waals surface area contributed by atoms with Gasteiger partial charge in [-0.25, -0.2) is 4.98 Å². The van der Waals surface area contributed by atoms with Crippen molar-refractivity contribution in [3.63, 3.8) is 0 Å². The van der Waals surface area contributed by atoms with E-state index in [4.69, 9.17) is 0 Å². The molecule has 5 nitrogen and oxygen atoms in total. The summed E-state index contributed by atoms with van der Waals surface area (Å²) in [6, 6.07) is 15.1. The lowest BCUT2D eigenvalue weighted by Gasteiger charge is -2.35. The predicted octanol–water partition coefficient (Wildman–Crippen LogP) is 4.59. The van der Waals surface area contributed by atoms with Crippen molar-refractivity contribution in [3.05, 3.63) is 65.5 Å². The van der Waals surface area contributed by atoms with E-state index < -0.39 is 11.7 Å². The lowest BCUT2D eigenvalue weighted by atomic mass is 10.1. The summed E-state index contributed by atoms with van der Waals surface area (Å²) in [6.45, 7) is 2.53. The fourth-order valence-electron chi connectivity index (χ4n) is 3.48. The van der Waals surface area contributed by atoms with E-state index in [2.05, 4.69) is 10.3 Å². The first kappa shape index (κ1) is 21.3. The summed E-state index contributed by atoms with van der Waals surface area (Å²) in [4.78, 5) is 20.8. The normalized spacial score (nSPS) is 15.1. The molecule has 0 spiro atoms. The molecule has 1 aromatic heterocycles. The second kappa shape index (κ2) is 9.07. The number of hydrogen-bond acceptors (Lipinski definition) is 5. The van der Waals surface area contributed by atoms with Crippen molar-refractivity contribution in [1.82, 2.24) is 9.88 Å². The number of nitrogens with zero attached hydrogens (tertiary/aromatic N) is 3. The fourth-order valence-corrected chi connectivity index (χ4v) is 4.21. The van der Waals surface area contributed by atoms with Crippen molar-refractivity contribution in [2.75, 3.05) is 42.9 Å². The molecule has 1 saturated heterocycles. The summed E-state index contributed by atoms with van der Waals surface area (Å²) in [5.41, 5.74) is 1.71. The van der Waals surface area contributed by atoms with Crippen LogP contribution in [0.2, 0.25) is 0 Å². The van der Waals surface area contributed by atoms with Gasteiger partial charge in [-0.15, -0.1) is 11.3 Å². The van der Waals surface area contributed by atoms with Crippen LogP contribution >= 0.6 is 11.3 Å². The Morgan fingerprint density at radius 3 is 2.48 bits per heavy atom. The molecule has 4 rings (SSSR count). The Morgan fingerprint density at radius 2 is 1.77 bits per heavy atom. The Balaban J connectivity index is 1.28. The van der Waals surface area contributed by atoms with E-state index in [0.29, 0.717) is 37.0 Å². The maximum atomic E-state index is 12.9. The highest BCUT2D eigenvalue weighted by molar-refractivity contribution is 7.14. The van der Waals surface area contributed by atoms with Crippen molar-refractivity contribution < 1.29 is 18.0 Å². The Bertz CT molecular complexity index is 1030. The zero-order valence-electron chi connectivity index (χ0n) is 16.6. The first-order valence-electron chi connectivity index (χ1n) is 9.84. The number of nitrogens with one attached hydrogen (secondary N) is 1. The summed E-state index contributed by atoms with van der Waals surface area (Å²) in [5.74, 6) is -0.151. The number of benzene rings is 2. The van der Waals surface area contributed by atoms with E-state index in [1.807, 2.05) is 45.5 Å². The van der Waals surface area contributed by atoms with Crippen LogP contribution in [0.5, 0.6) is 0 Å². The minimum Gasteiger partial charge on any atom is -0.369 e. The summed E-state index contributed by atoms with van der Waals surface area (Å²) in [7, 11) is 0. The summed E-state index contributed by atoms with van der Waals surface area (Å²) < 4.78 is 38.8. The number of carbonyl (C=O) groups is 1. The molecule has 0 atom stereocenters. The first-order valence-corrected chi connectivity index (χ1v) is 10.7. The van der Waals surface area contributed by atoms with Gasteiger partial charge in [0, 0.05) is 42.8 Å². The van der Waals surface area contributed by atoms with Crippen molar-refractivity contribution >= 4 is 28.1 Å². The van der Waals surface area contributed by atoms with Crippen molar-refractivity contribution in [3.8, 4) is 11.3 Å². The highest BCUT2D eigenvalue weighted by Crippen LogP contribution is 2.32. The van der Waals surface area contributed by atoms with Gasteiger partial charge in [0.1, 0.15) is 0 Å². The molecule has 3 aromatic rings. The van der Waals surface area contributed by atoms with Crippen molar-refractivity contribution in [1.29, 1.82) is 0 Å². The van der Waals surface area contributed by atoms with Gasteiger partial charge in [0.2, 0.25) is 5.91 Å². The van der Waals surface area contributed by atoms with Gasteiger partial charge in [0.25, 0.3) is 0 Å². The highest BCUT2D eigenvalue weighted by atomic mass is 32.1. The van der Waals surface area contributed by atoms with E-state index in [1.54, 1.807) is 6.07 Å². The lowest BCUT2D eigenvalue weighted by molar-refractivity contribution is -0.137. The number of thiazole rings is 1. The number of amides is 1. The average molecular weight is 446 g/mol. The second-order valence-electron chi connectivity index (χ2n) is 7.26. The zero-order valence-corrected chi connectivity index (χ0v) is 17.4. The number of hydrogen-bond donors (Lipinski definition) is 1. The van der Waals surface area contributed by atoms with Gasteiger partial charge < -0.3 is 10.2 Å². The number of aromatic nitrogens is 1. The predicted molar refractivity (Wildman–Crippen MR) is 116 cm³/mol. The monoisotopic (exact) mass is 446 g/mol. The third-order valence-electron chi connectivity index (χ3n) is 5.10. The van der Waals surface area contributed by atoms with Gasteiger partial charge in [-0.1, -0.05) is 36.4 Å². The minimum absolute atomic E-state index is 0.151. The van der Waals surface area contributed by atoms with Crippen LogP contribution < -0.4 is 10.2 Å². The van der Waals surface area contributed by atoms with Crippen LogP contribution in [0.4, 0.5) is 24.0 Å². The van der Waals surface area contributed by atoms with Crippen LogP contribution in [0.15, 0.2) is 60.0 Å². The summed E-state index contributed by atoms with van der Waals surface area (Å²) in [6.07, 6.45) is -4.36. The summed E-state index contributed by atoms with van der Waals surface area (Å²) in [5, 5.41) is 5.28. The Labute approximate surface area is 182 Å². The minimum atomic E-state index is -4.36. The molecule has 1 amide bonds. The molecule has 162 valence electrons. The molecule has 1 fully saturated rings. The Kier molecular flexibility index (Phi) is 6.24. The number of anilines is 2. The van der Waals surface area contributed by atoms with E-state index in [-0.39, 0.29) is 12.5 Å². The number of halogens is 3. The van der Waals surface area contributed by atoms with E-state index in [9.17, 15) is 18.0 Å². The standard InChI is InChI=1S/C22H21F3N4OS/c23-22(24,25)17-7-4-8-18(13-17)29-11-9-28(10-12-29)14-20(30)27-21-26-19(15-31-21)16-5-2-1-3-6-16/h1-8,13,15H,9-12,14H2,(H,26,27,30). The van der Waals surface area contributed by atoms with Gasteiger partial charge in [0.15, 0.2) is 5.13 Å². The lowest BCUT2D eigenvalue weighted by Crippen LogP contribution is -2.48. The third-order valence-corrected chi connectivity index (χ3v) is 5.86. The largest absolute Gasteiger partial charge is 0.416 e. The number of carbonyl (C=O) groups excluding carboxylic acids is 1. The van der Waals surface area contributed by atoms with Gasteiger partial charge in [-0.05, 0) is 18.2 Å². The zero-order chi connectivity index (χ0) is 21.8. The Morgan fingerprint density at radius 1 is 1.03 bits per heavy atom. The number of rotatable bonds is 5. The molecule has 1 aliphatic rings. The van der Waals surface area contributed by atoms with Crippen molar-refractivity contribution in [2.45, 2.75) is 6.18 Å². The molecule has 2 heterocycles. The van der Waals surface area contributed by atoms with Crippen LogP contribution in [0.25, 0.3) is 11.3 Å². The molecule has 1 aliphatic heterocycles. The molecule has 0 aliphatic carbocycles. The average Bonchev–Trinajstić information content (AvgIpc) is 3.23. The Hall–Kier alpha value is -2.91. The van der Waals surface area contributed by atoms with Gasteiger partial charge in [0.05, 0.1) is 17.8 Å². The summed E-state index contributed by atoms with van der Waals surface area (Å²) >= 11 is 1.37. The molecule has 0 saturated carbocycles. The second-order valence-corrected chi connectivity index (χ2v) is 8.12. The number of piperazine rings is 1. The van der Waals surface area contributed by atoms with Crippen molar-refractivity contribution in [2.24, 2.45) is 0 Å². The van der Waals surface area contributed by atoms with E-state index in [1.165, 1.54) is 23.5 Å². The highest BCUT2D eigenvalue weighted by Gasteiger charge is 2.31. The molecule has 0 radical (unpaired) electrons. The maximum absolute atomic E-state index is 12.9. The van der Waals surface area contributed by atoms with Gasteiger partial charge in [-0.3, -0.25) is 9.69 Å². The molecule has 2 aromatic carbocycles. The van der Waals surface area contributed by atoms with Gasteiger partial charge >= 0.3 is 6.18 Å². The maximum Gasteiger partial charge on any atom is 0.416 e. The molecular formula is C22H21F3N4OS. The topological polar surface area (TPSA) is 48.5 Å². The van der Waals surface area contributed by atoms with Crippen LogP contribution in [0.1, 0.15) is 5.56 Å². The molecular weight excluding hydrogens is 425 g/mol. The quantitative estimate of drug-likeness (QED) is 0.623. The molecule has 0 unspecified atom stereocenters. The van der Waals surface area contributed by atoms with E-state index >= 15 is 0 Å². The van der Waals surface area contributed by atoms with Gasteiger partial charge in [-0.2, -0.15) is 13.2 Å². The number of alkyl halides is 3. The fraction of sp³-hybridized carbons (Fsp3) is 0.273. The molecule has 0 bridgehead atoms. The smallest absolute Gasteiger partial charge is 0.369 e. The van der Waals surface area contributed by atoms with E-state index in [0.717, 1.165) is 17.3 Å². The molecule has 9 heteroatoms. The SMILES string of the molecule is O=C(CN1CCN(c2cccc(C(F)(F)F)c2)CC1)Nc1nc(-c2ccccc2)cs1. The molecule has 1 N–H and O–H groups in total. The molecule has 31 heavy (non-hydrogen) atoms. The first-order chi connectivity index (χ1) is 14.9. The third kappa shape index (κ3) is 5.42. The van der Waals surface area contributed by atoms with Crippen LogP contribution in [0, 0.1) is 0 Å².